The van der Waals surface area contributed by atoms with Gasteiger partial charge < -0.3 is 19.9 Å². The van der Waals surface area contributed by atoms with Crippen molar-refractivity contribution in [3.05, 3.63) is 53.3 Å². The van der Waals surface area contributed by atoms with Crippen molar-refractivity contribution in [2.24, 2.45) is 0 Å². The molecule has 2 rings (SSSR count). The normalized spacial score (nSPS) is 10.3. The van der Waals surface area contributed by atoms with Crippen molar-refractivity contribution >= 4 is 5.69 Å². The lowest BCUT2D eigenvalue weighted by atomic mass is 10.1. The van der Waals surface area contributed by atoms with Crippen LogP contribution in [0.5, 0.6) is 11.5 Å². The van der Waals surface area contributed by atoms with Crippen LogP contribution in [0.4, 0.5) is 10.1 Å². The predicted molar refractivity (Wildman–Crippen MR) is 79.2 cm³/mol. The fraction of sp³-hybridized carbons (Fsp3) is 0.250. The summed E-state index contributed by atoms with van der Waals surface area (Å²) in [6.07, 6.45) is 0. The molecule has 0 radical (unpaired) electrons. The van der Waals surface area contributed by atoms with Gasteiger partial charge in [0.15, 0.2) is 11.6 Å². The molecule has 0 saturated heterocycles. The summed E-state index contributed by atoms with van der Waals surface area (Å²) < 4.78 is 23.9. The lowest BCUT2D eigenvalue weighted by molar-refractivity contribution is 0.282. The van der Waals surface area contributed by atoms with E-state index in [1.807, 2.05) is 24.3 Å². The van der Waals surface area contributed by atoms with Gasteiger partial charge in [0.05, 0.1) is 26.5 Å². The van der Waals surface area contributed by atoms with Gasteiger partial charge in [0.1, 0.15) is 5.75 Å². The molecule has 0 aliphatic rings. The van der Waals surface area contributed by atoms with Gasteiger partial charge in [-0.2, -0.15) is 0 Å². The highest BCUT2D eigenvalue weighted by Crippen LogP contribution is 2.32. The van der Waals surface area contributed by atoms with Crippen LogP contribution in [0, 0.1) is 5.82 Å². The minimum Gasteiger partial charge on any atom is -0.494 e. The van der Waals surface area contributed by atoms with E-state index >= 15 is 0 Å². The monoisotopic (exact) mass is 291 g/mol. The largest absolute Gasteiger partial charge is 0.494 e. The molecular weight excluding hydrogens is 273 g/mol. The maximum atomic E-state index is 13.7. The first-order valence-corrected chi connectivity index (χ1v) is 6.52. The molecule has 21 heavy (non-hydrogen) atoms. The molecule has 0 spiro atoms. The van der Waals surface area contributed by atoms with Crippen LogP contribution in [0.15, 0.2) is 36.4 Å². The van der Waals surface area contributed by atoms with E-state index in [2.05, 4.69) is 5.32 Å². The van der Waals surface area contributed by atoms with Gasteiger partial charge in [0.25, 0.3) is 0 Å². The van der Waals surface area contributed by atoms with E-state index in [9.17, 15) is 4.39 Å². The second-order valence-electron chi connectivity index (χ2n) is 4.52. The summed E-state index contributed by atoms with van der Waals surface area (Å²) in [5, 5.41) is 12.1. The SMILES string of the molecule is COc1cc(OC)c(NCc2ccc(CO)cc2)cc1F. The topological polar surface area (TPSA) is 50.7 Å². The Morgan fingerprint density at radius 1 is 1.00 bits per heavy atom. The van der Waals surface area contributed by atoms with Crippen LogP contribution in [0.2, 0.25) is 0 Å². The average molecular weight is 291 g/mol. The zero-order valence-corrected chi connectivity index (χ0v) is 12.0. The van der Waals surface area contributed by atoms with Gasteiger partial charge in [0.2, 0.25) is 0 Å². The van der Waals surface area contributed by atoms with Crippen molar-refractivity contribution in [1.82, 2.24) is 0 Å². The summed E-state index contributed by atoms with van der Waals surface area (Å²) in [7, 11) is 2.93. The molecule has 0 aliphatic heterocycles. The molecule has 0 amide bonds. The fourth-order valence-corrected chi connectivity index (χ4v) is 1.96. The smallest absolute Gasteiger partial charge is 0.167 e. The highest BCUT2D eigenvalue weighted by atomic mass is 19.1. The Labute approximate surface area is 123 Å². The Morgan fingerprint density at radius 2 is 1.62 bits per heavy atom. The number of rotatable bonds is 6. The maximum absolute atomic E-state index is 13.7. The molecule has 0 aromatic heterocycles. The summed E-state index contributed by atoms with van der Waals surface area (Å²) in [6, 6.07) is 10.4. The van der Waals surface area contributed by atoms with Crippen molar-refractivity contribution in [2.75, 3.05) is 19.5 Å². The lowest BCUT2D eigenvalue weighted by Crippen LogP contribution is -2.03. The second-order valence-corrected chi connectivity index (χ2v) is 4.52. The fourth-order valence-electron chi connectivity index (χ4n) is 1.96. The first-order valence-electron chi connectivity index (χ1n) is 6.52. The number of hydrogen-bond donors (Lipinski definition) is 2. The number of aliphatic hydroxyl groups excluding tert-OH is 1. The third kappa shape index (κ3) is 3.64. The number of aliphatic hydroxyl groups is 1. The third-order valence-electron chi connectivity index (χ3n) is 3.16. The van der Waals surface area contributed by atoms with E-state index in [1.54, 1.807) is 0 Å². The number of anilines is 1. The van der Waals surface area contributed by atoms with E-state index in [0.29, 0.717) is 18.0 Å². The minimum absolute atomic E-state index is 0.0191. The number of ether oxygens (including phenoxy) is 2. The number of hydrogen-bond acceptors (Lipinski definition) is 4. The first kappa shape index (κ1) is 15.1. The van der Waals surface area contributed by atoms with Crippen LogP contribution in [-0.2, 0) is 13.2 Å². The Kier molecular flexibility index (Phi) is 5.00. The Hall–Kier alpha value is -2.27. The molecule has 4 nitrogen and oxygen atoms in total. The van der Waals surface area contributed by atoms with Crippen LogP contribution in [-0.4, -0.2) is 19.3 Å². The highest BCUT2D eigenvalue weighted by Gasteiger charge is 2.10. The number of nitrogens with one attached hydrogen (secondary N) is 1. The van der Waals surface area contributed by atoms with Gasteiger partial charge in [-0.25, -0.2) is 4.39 Å². The van der Waals surface area contributed by atoms with E-state index in [0.717, 1.165) is 11.1 Å². The highest BCUT2D eigenvalue weighted by molar-refractivity contribution is 5.60. The molecule has 0 aliphatic carbocycles. The molecule has 0 fully saturated rings. The molecule has 0 saturated carbocycles. The predicted octanol–water partition coefficient (Wildman–Crippen LogP) is 2.95. The van der Waals surface area contributed by atoms with E-state index < -0.39 is 5.82 Å². The van der Waals surface area contributed by atoms with Crippen molar-refractivity contribution in [1.29, 1.82) is 0 Å². The molecule has 0 heterocycles. The number of methoxy groups -OCH3 is 2. The molecule has 2 aromatic rings. The van der Waals surface area contributed by atoms with Gasteiger partial charge in [-0.05, 0) is 11.1 Å². The molecule has 0 unspecified atom stereocenters. The first-order chi connectivity index (χ1) is 10.2. The van der Waals surface area contributed by atoms with Crippen LogP contribution in [0.25, 0.3) is 0 Å². The standard InChI is InChI=1S/C16H18FNO3/c1-20-15-8-16(21-2)14(7-13(15)17)18-9-11-3-5-12(10-19)6-4-11/h3-8,18-19H,9-10H2,1-2H3. The summed E-state index contributed by atoms with van der Waals surface area (Å²) in [6.45, 7) is 0.541. The Balaban J connectivity index is 2.13. The van der Waals surface area contributed by atoms with E-state index in [4.69, 9.17) is 14.6 Å². The molecular formula is C16H18FNO3. The summed E-state index contributed by atoms with van der Waals surface area (Å²) in [4.78, 5) is 0. The Morgan fingerprint density at radius 3 is 2.19 bits per heavy atom. The maximum Gasteiger partial charge on any atom is 0.167 e. The van der Waals surface area contributed by atoms with Gasteiger partial charge in [0, 0.05) is 18.7 Å². The molecule has 0 atom stereocenters. The molecule has 2 aromatic carbocycles. The summed E-state index contributed by atoms with van der Waals surface area (Å²) in [5.74, 6) is 0.210. The van der Waals surface area contributed by atoms with E-state index in [1.165, 1.54) is 26.4 Å². The Bertz CT molecular complexity index is 599. The van der Waals surface area contributed by atoms with Gasteiger partial charge in [-0.1, -0.05) is 24.3 Å². The van der Waals surface area contributed by atoms with Crippen LogP contribution in [0.1, 0.15) is 11.1 Å². The minimum atomic E-state index is -0.448. The van der Waals surface area contributed by atoms with Crippen molar-refractivity contribution in [3.63, 3.8) is 0 Å². The summed E-state index contributed by atoms with van der Waals surface area (Å²) in [5.41, 5.74) is 2.43. The molecule has 112 valence electrons. The third-order valence-corrected chi connectivity index (χ3v) is 3.16. The second kappa shape index (κ2) is 6.95. The molecule has 5 heteroatoms. The van der Waals surface area contributed by atoms with Crippen LogP contribution in [0.3, 0.4) is 0 Å². The van der Waals surface area contributed by atoms with Gasteiger partial charge in [-0.15, -0.1) is 0 Å². The molecule has 0 bridgehead atoms. The van der Waals surface area contributed by atoms with Crippen molar-refractivity contribution in [2.45, 2.75) is 13.2 Å². The van der Waals surface area contributed by atoms with Crippen LogP contribution >= 0.6 is 0 Å². The lowest BCUT2D eigenvalue weighted by Gasteiger charge is -2.13. The number of benzene rings is 2. The van der Waals surface area contributed by atoms with E-state index in [-0.39, 0.29) is 12.4 Å². The van der Waals surface area contributed by atoms with Crippen molar-refractivity contribution in [3.8, 4) is 11.5 Å². The van der Waals surface area contributed by atoms with Gasteiger partial charge in [-0.3, -0.25) is 0 Å². The van der Waals surface area contributed by atoms with Gasteiger partial charge >= 0.3 is 0 Å². The zero-order chi connectivity index (χ0) is 15.2. The average Bonchev–Trinajstić information content (AvgIpc) is 2.53. The van der Waals surface area contributed by atoms with Crippen molar-refractivity contribution < 1.29 is 19.0 Å². The quantitative estimate of drug-likeness (QED) is 0.859. The summed E-state index contributed by atoms with van der Waals surface area (Å²) >= 11 is 0. The van der Waals surface area contributed by atoms with Crippen LogP contribution < -0.4 is 14.8 Å². The number of halogens is 1. The molecule has 2 N–H and O–H groups in total. The zero-order valence-electron chi connectivity index (χ0n) is 12.0.